The predicted octanol–water partition coefficient (Wildman–Crippen LogP) is -3.52. The first-order chi connectivity index (χ1) is 2.64. The number of rotatable bonds is 0. The van der Waals surface area contributed by atoms with Crippen LogP contribution in [0.15, 0.2) is 0 Å². The summed E-state index contributed by atoms with van der Waals surface area (Å²) >= 11 is 0. The Morgan fingerprint density at radius 1 is 1.00 bits per heavy atom. The Hall–Kier alpha value is -0.476. The minimum Gasteiger partial charge on any atom is -0.543 e. The summed E-state index contributed by atoms with van der Waals surface area (Å²) in [6.45, 7) is 0. The Balaban J connectivity index is 0. The van der Waals surface area contributed by atoms with Crippen LogP contribution in [0.2, 0.25) is 0 Å². The van der Waals surface area contributed by atoms with Crippen LogP contribution in [0.4, 0.5) is 0 Å². The van der Waals surface area contributed by atoms with Gasteiger partial charge in [-0.15, -0.1) is 0 Å². The van der Waals surface area contributed by atoms with E-state index in [1.165, 1.54) is 0 Å². The standard InChI is InChI=1S/C2H2O4.V/c3-1(4)2(5)6;/h(H,3,4)(H,5,6);/q;+2/p-2. The van der Waals surface area contributed by atoms with Crippen LogP contribution < -0.4 is 10.2 Å². The molecule has 0 amide bonds. The molecule has 0 saturated heterocycles. The summed E-state index contributed by atoms with van der Waals surface area (Å²) in [6, 6.07) is 0. The van der Waals surface area contributed by atoms with E-state index in [2.05, 4.69) is 0 Å². The van der Waals surface area contributed by atoms with Gasteiger partial charge in [0.1, 0.15) is 0 Å². The first kappa shape index (κ1) is 9.73. The van der Waals surface area contributed by atoms with Crippen LogP contribution in [-0.2, 0) is 28.1 Å². The van der Waals surface area contributed by atoms with Gasteiger partial charge in [0.2, 0.25) is 0 Å². The molecule has 1 radical (unpaired) electrons. The maximum absolute atomic E-state index is 8.93. The molecule has 0 atom stereocenters. The van der Waals surface area contributed by atoms with Crippen LogP contribution in [0, 0.1) is 0 Å². The minimum atomic E-state index is -2.19. The molecule has 7 heavy (non-hydrogen) atoms. The van der Waals surface area contributed by atoms with Crippen molar-refractivity contribution in [2.45, 2.75) is 0 Å². The third-order valence-corrected chi connectivity index (χ3v) is 0.167. The largest absolute Gasteiger partial charge is 2.00 e. The van der Waals surface area contributed by atoms with E-state index in [9.17, 15) is 0 Å². The fourth-order valence-electron chi connectivity index (χ4n) is 0. The van der Waals surface area contributed by atoms with E-state index in [0.29, 0.717) is 0 Å². The smallest absolute Gasteiger partial charge is 0.543 e. The van der Waals surface area contributed by atoms with E-state index in [4.69, 9.17) is 19.8 Å². The Morgan fingerprint density at radius 3 is 1.14 bits per heavy atom. The molecule has 0 heterocycles. The SMILES string of the molecule is O=C([O-])C(=O)[O-].[V+2]. The van der Waals surface area contributed by atoms with Gasteiger partial charge in [-0.3, -0.25) is 0 Å². The number of hydrogen-bond donors (Lipinski definition) is 0. The summed E-state index contributed by atoms with van der Waals surface area (Å²) in [5, 5.41) is 17.9. The van der Waals surface area contributed by atoms with Crippen molar-refractivity contribution < 1.29 is 38.4 Å². The van der Waals surface area contributed by atoms with Crippen molar-refractivity contribution in [1.82, 2.24) is 0 Å². The molecule has 0 aliphatic heterocycles. The topological polar surface area (TPSA) is 80.3 Å². The molecule has 0 N–H and O–H groups in total. The van der Waals surface area contributed by atoms with Gasteiger partial charge in [-0.1, -0.05) is 0 Å². The van der Waals surface area contributed by atoms with Crippen molar-refractivity contribution in [3.05, 3.63) is 0 Å². The van der Waals surface area contributed by atoms with Gasteiger partial charge in [-0.05, 0) is 0 Å². The third-order valence-electron chi connectivity index (χ3n) is 0.167. The average Bonchev–Trinajstić information content (AvgIpc) is 1.36. The van der Waals surface area contributed by atoms with Crippen molar-refractivity contribution in [3.8, 4) is 0 Å². The maximum Gasteiger partial charge on any atom is 2.00 e. The maximum atomic E-state index is 8.93. The second kappa shape index (κ2) is 3.71. The average molecular weight is 139 g/mol. The van der Waals surface area contributed by atoms with E-state index in [1.807, 2.05) is 0 Å². The van der Waals surface area contributed by atoms with Gasteiger partial charge in [-0.2, -0.15) is 0 Å². The number of aliphatic carboxylic acids is 2. The second-order valence-electron chi connectivity index (χ2n) is 0.575. The first-order valence-electron chi connectivity index (χ1n) is 1.07. The van der Waals surface area contributed by atoms with E-state index >= 15 is 0 Å². The normalized spacial score (nSPS) is 6.29. The molecule has 0 unspecified atom stereocenters. The number of carbonyl (C=O) groups is 2. The summed E-state index contributed by atoms with van der Waals surface area (Å²) in [5.74, 6) is -4.37. The van der Waals surface area contributed by atoms with Crippen molar-refractivity contribution in [2.24, 2.45) is 0 Å². The molecule has 0 aromatic rings. The molecular formula is C2O4V. The van der Waals surface area contributed by atoms with E-state index in [-0.39, 0.29) is 18.6 Å². The Bertz CT molecular complexity index is 75.7. The van der Waals surface area contributed by atoms with Gasteiger partial charge in [-0.25, -0.2) is 0 Å². The van der Waals surface area contributed by atoms with Crippen LogP contribution in [0.25, 0.3) is 0 Å². The van der Waals surface area contributed by atoms with Crippen LogP contribution in [0.5, 0.6) is 0 Å². The van der Waals surface area contributed by atoms with E-state index in [0.717, 1.165) is 0 Å². The molecular weight excluding hydrogens is 139 g/mol. The van der Waals surface area contributed by atoms with E-state index in [1.54, 1.807) is 0 Å². The number of carboxylic acids is 2. The van der Waals surface area contributed by atoms with Gasteiger partial charge in [0.15, 0.2) is 0 Å². The molecule has 0 aromatic carbocycles. The van der Waals surface area contributed by atoms with Crippen molar-refractivity contribution in [3.63, 3.8) is 0 Å². The van der Waals surface area contributed by atoms with Crippen LogP contribution >= 0.6 is 0 Å². The first-order valence-corrected chi connectivity index (χ1v) is 1.07. The molecule has 0 fully saturated rings. The summed E-state index contributed by atoms with van der Waals surface area (Å²) in [4.78, 5) is 17.9. The number of hydrogen-bond acceptors (Lipinski definition) is 4. The van der Waals surface area contributed by atoms with Crippen molar-refractivity contribution in [2.75, 3.05) is 0 Å². The van der Waals surface area contributed by atoms with Crippen molar-refractivity contribution in [1.29, 1.82) is 0 Å². The predicted molar refractivity (Wildman–Crippen MR) is 10.0 cm³/mol. The number of carbonyl (C=O) groups excluding carboxylic acids is 2. The summed E-state index contributed by atoms with van der Waals surface area (Å²) in [7, 11) is 0. The Morgan fingerprint density at radius 2 is 1.14 bits per heavy atom. The molecule has 0 aliphatic rings. The van der Waals surface area contributed by atoms with Gasteiger partial charge >= 0.3 is 18.6 Å². The molecule has 37 valence electrons. The molecule has 0 bridgehead atoms. The fourth-order valence-corrected chi connectivity index (χ4v) is 0. The molecule has 5 heteroatoms. The number of carboxylic acid groups (broad SMARTS) is 2. The summed E-state index contributed by atoms with van der Waals surface area (Å²) in [5.41, 5.74) is 0. The monoisotopic (exact) mass is 139 g/mol. The summed E-state index contributed by atoms with van der Waals surface area (Å²) in [6.07, 6.45) is 0. The molecule has 0 spiro atoms. The zero-order chi connectivity index (χ0) is 5.15. The molecule has 4 nitrogen and oxygen atoms in total. The molecule has 0 rings (SSSR count). The van der Waals surface area contributed by atoms with Gasteiger partial charge in [0, 0.05) is 0 Å². The minimum absolute atomic E-state index is 0. The molecule has 0 aliphatic carbocycles. The van der Waals surface area contributed by atoms with Crippen molar-refractivity contribution >= 4 is 11.9 Å². The van der Waals surface area contributed by atoms with Gasteiger partial charge < -0.3 is 19.8 Å². The van der Waals surface area contributed by atoms with Crippen LogP contribution in [-0.4, -0.2) is 11.9 Å². The third kappa shape index (κ3) is 5.52. The van der Waals surface area contributed by atoms with E-state index < -0.39 is 11.9 Å². The molecule has 0 saturated carbocycles. The van der Waals surface area contributed by atoms with Gasteiger partial charge in [0.25, 0.3) is 0 Å². The fraction of sp³-hybridized carbons (Fsp3) is 0. The Labute approximate surface area is 51.0 Å². The second-order valence-corrected chi connectivity index (χ2v) is 0.575. The summed E-state index contributed by atoms with van der Waals surface area (Å²) < 4.78 is 0. The Kier molecular flexibility index (Phi) is 5.15. The van der Waals surface area contributed by atoms with Crippen LogP contribution in [0.1, 0.15) is 0 Å². The molecule has 0 aromatic heterocycles. The van der Waals surface area contributed by atoms with Crippen LogP contribution in [0.3, 0.4) is 0 Å². The van der Waals surface area contributed by atoms with Gasteiger partial charge in [0.05, 0.1) is 11.9 Å². The zero-order valence-electron chi connectivity index (χ0n) is 3.08. The zero-order valence-corrected chi connectivity index (χ0v) is 4.48. The quantitative estimate of drug-likeness (QED) is 0.326.